The lowest BCUT2D eigenvalue weighted by molar-refractivity contribution is 0.0445. The zero-order valence-electron chi connectivity index (χ0n) is 7.77. The number of halogens is 1. The van der Waals surface area contributed by atoms with Crippen molar-refractivity contribution in [2.24, 2.45) is 0 Å². The van der Waals surface area contributed by atoms with Gasteiger partial charge in [-0.1, -0.05) is 41.9 Å². The summed E-state index contributed by atoms with van der Waals surface area (Å²) in [4.78, 5) is 10.9. The molecule has 1 aromatic carbocycles. The molecule has 1 atom stereocenters. The van der Waals surface area contributed by atoms with Gasteiger partial charge in [-0.15, -0.1) is 0 Å². The van der Waals surface area contributed by atoms with Crippen LogP contribution >= 0.6 is 11.6 Å². The lowest BCUT2D eigenvalue weighted by Crippen LogP contribution is -2.11. The van der Waals surface area contributed by atoms with Crippen molar-refractivity contribution < 1.29 is 14.3 Å². The quantitative estimate of drug-likeness (QED) is 0.573. The van der Waals surface area contributed by atoms with Crippen LogP contribution in [-0.4, -0.2) is 11.7 Å². The minimum absolute atomic E-state index is 0.198. The third-order valence-corrected chi connectivity index (χ3v) is 1.55. The Morgan fingerprint density at radius 1 is 1.43 bits per heavy atom. The molecule has 0 N–H and O–H groups in total. The highest BCUT2D eigenvalue weighted by atomic mass is 35.5. The molecule has 0 saturated carbocycles. The highest BCUT2D eigenvalue weighted by Gasteiger charge is 2.07. The van der Waals surface area contributed by atoms with Crippen LogP contribution < -0.4 is 0 Å². The van der Waals surface area contributed by atoms with E-state index < -0.39 is 11.7 Å². The first kappa shape index (κ1) is 10.9. The van der Waals surface area contributed by atoms with Gasteiger partial charge in [-0.3, -0.25) is 0 Å². The summed E-state index contributed by atoms with van der Waals surface area (Å²) >= 11 is 5.43. The standard InChI is InChI=1S/C10H11ClO3/c1-8(11)14-10(12)13-7-9-5-3-2-4-6-9/h2-6,8H,7H2,1H3. The Balaban J connectivity index is 2.31. The van der Waals surface area contributed by atoms with E-state index in [1.807, 2.05) is 30.3 Å². The van der Waals surface area contributed by atoms with Crippen LogP contribution in [0.3, 0.4) is 0 Å². The van der Waals surface area contributed by atoms with E-state index in [4.69, 9.17) is 16.3 Å². The molecule has 3 nitrogen and oxygen atoms in total. The van der Waals surface area contributed by atoms with Crippen molar-refractivity contribution in [1.82, 2.24) is 0 Å². The Labute approximate surface area is 87.6 Å². The van der Waals surface area contributed by atoms with Gasteiger partial charge in [0.25, 0.3) is 0 Å². The van der Waals surface area contributed by atoms with Gasteiger partial charge in [0.15, 0.2) is 5.56 Å². The number of rotatable bonds is 3. The number of carbonyl (C=O) groups is 1. The number of benzene rings is 1. The Morgan fingerprint density at radius 3 is 2.64 bits per heavy atom. The first-order valence-electron chi connectivity index (χ1n) is 4.20. The van der Waals surface area contributed by atoms with Crippen LogP contribution in [0.5, 0.6) is 0 Å². The van der Waals surface area contributed by atoms with Crippen molar-refractivity contribution in [2.75, 3.05) is 0 Å². The van der Waals surface area contributed by atoms with E-state index in [2.05, 4.69) is 4.74 Å². The zero-order chi connectivity index (χ0) is 10.4. The predicted octanol–water partition coefficient (Wildman–Crippen LogP) is 2.92. The summed E-state index contributed by atoms with van der Waals surface area (Å²) in [5.74, 6) is 0. The van der Waals surface area contributed by atoms with E-state index in [1.165, 1.54) is 0 Å². The maximum Gasteiger partial charge on any atom is 0.510 e. The van der Waals surface area contributed by atoms with Gasteiger partial charge in [-0.25, -0.2) is 4.79 Å². The number of hydrogen-bond acceptors (Lipinski definition) is 3. The highest BCUT2D eigenvalue weighted by Crippen LogP contribution is 2.03. The molecule has 4 heteroatoms. The van der Waals surface area contributed by atoms with Gasteiger partial charge < -0.3 is 9.47 Å². The molecule has 0 aliphatic carbocycles. The van der Waals surface area contributed by atoms with Crippen LogP contribution in [0.1, 0.15) is 12.5 Å². The van der Waals surface area contributed by atoms with Gasteiger partial charge in [0, 0.05) is 0 Å². The molecule has 1 rings (SSSR count). The SMILES string of the molecule is CC(Cl)OC(=O)OCc1ccccc1. The molecular formula is C10H11ClO3. The molecule has 0 amide bonds. The summed E-state index contributed by atoms with van der Waals surface area (Å²) in [7, 11) is 0. The topological polar surface area (TPSA) is 35.5 Å². The first-order valence-corrected chi connectivity index (χ1v) is 4.63. The number of alkyl halides is 1. The van der Waals surface area contributed by atoms with E-state index in [9.17, 15) is 4.79 Å². The van der Waals surface area contributed by atoms with Crippen molar-refractivity contribution >= 4 is 17.8 Å². The van der Waals surface area contributed by atoms with Gasteiger partial charge >= 0.3 is 6.16 Å². The van der Waals surface area contributed by atoms with Crippen LogP contribution in [-0.2, 0) is 16.1 Å². The minimum atomic E-state index is -0.753. The summed E-state index contributed by atoms with van der Waals surface area (Å²) in [5, 5.41) is 0. The monoisotopic (exact) mass is 214 g/mol. The van der Waals surface area contributed by atoms with Crippen molar-refractivity contribution in [3.05, 3.63) is 35.9 Å². The molecule has 0 saturated heterocycles. The van der Waals surface area contributed by atoms with E-state index >= 15 is 0 Å². The van der Waals surface area contributed by atoms with Gasteiger partial charge in [-0.05, 0) is 12.5 Å². The molecule has 0 fully saturated rings. The number of ether oxygens (including phenoxy) is 2. The highest BCUT2D eigenvalue weighted by molar-refractivity contribution is 6.19. The Kier molecular flexibility index (Phi) is 4.26. The molecule has 0 radical (unpaired) electrons. The van der Waals surface area contributed by atoms with Crippen LogP contribution in [0.4, 0.5) is 4.79 Å². The molecule has 1 aromatic rings. The van der Waals surface area contributed by atoms with E-state index in [0.29, 0.717) is 0 Å². The van der Waals surface area contributed by atoms with Crippen LogP contribution in [0.15, 0.2) is 30.3 Å². The Morgan fingerprint density at radius 2 is 2.07 bits per heavy atom. The fourth-order valence-electron chi connectivity index (χ4n) is 0.883. The molecule has 0 aliphatic heterocycles. The molecule has 76 valence electrons. The third kappa shape index (κ3) is 4.14. The van der Waals surface area contributed by atoms with Crippen molar-refractivity contribution in [3.63, 3.8) is 0 Å². The molecule has 0 bridgehead atoms. The van der Waals surface area contributed by atoms with Crippen molar-refractivity contribution in [1.29, 1.82) is 0 Å². The fraction of sp³-hybridized carbons (Fsp3) is 0.300. The largest absolute Gasteiger partial charge is 0.510 e. The van der Waals surface area contributed by atoms with E-state index in [0.717, 1.165) is 5.56 Å². The Hall–Kier alpha value is -1.22. The van der Waals surface area contributed by atoms with Gasteiger partial charge in [0.1, 0.15) is 6.61 Å². The first-order chi connectivity index (χ1) is 6.68. The fourth-order valence-corrected chi connectivity index (χ4v) is 0.956. The third-order valence-electron chi connectivity index (χ3n) is 1.46. The second kappa shape index (κ2) is 5.50. The van der Waals surface area contributed by atoms with Gasteiger partial charge in [0.2, 0.25) is 0 Å². The average molecular weight is 215 g/mol. The maximum absolute atomic E-state index is 10.9. The number of carbonyl (C=O) groups excluding carboxylic acids is 1. The predicted molar refractivity (Wildman–Crippen MR) is 53.0 cm³/mol. The molecule has 0 aromatic heterocycles. The summed E-state index contributed by atoms with van der Waals surface area (Å²) in [5.41, 5.74) is 0.241. The summed E-state index contributed by atoms with van der Waals surface area (Å²) in [6.07, 6.45) is -0.753. The minimum Gasteiger partial charge on any atom is -0.429 e. The van der Waals surface area contributed by atoms with E-state index in [-0.39, 0.29) is 6.61 Å². The number of hydrogen-bond donors (Lipinski definition) is 0. The molecule has 0 spiro atoms. The average Bonchev–Trinajstić information content (AvgIpc) is 2.15. The Bertz CT molecular complexity index is 285. The second-order valence-corrected chi connectivity index (χ2v) is 3.30. The summed E-state index contributed by atoms with van der Waals surface area (Å²) in [6, 6.07) is 9.35. The smallest absolute Gasteiger partial charge is 0.429 e. The summed E-state index contributed by atoms with van der Waals surface area (Å²) < 4.78 is 9.37. The van der Waals surface area contributed by atoms with Crippen LogP contribution in [0.2, 0.25) is 0 Å². The molecule has 1 unspecified atom stereocenters. The van der Waals surface area contributed by atoms with Gasteiger partial charge in [-0.2, -0.15) is 0 Å². The molecule has 0 heterocycles. The molecular weight excluding hydrogens is 204 g/mol. The normalized spacial score (nSPS) is 11.9. The van der Waals surface area contributed by atoms with Gasteiger partial charge in [0.05, 0.1) is 0 Å². The molecule has 0 aliphatic rings. The summed E-state index contributed by atoms with van der Waals surface area (Å²) in [6.45, 7) is 1.74. The molecule has 14 heavy (non-hydrogen) atoms. The maximum atomic E-state index is 10.9. The second-order valence-electron chi connectivity index (χ2n) is 2.69. The van der Waals surface area contributed by atoms with Crippen molar-refractivity contribution in [3.8, 4) is 0 Å². The van der Waals surface area contributed by atoms with Crippen LogP contribution in [0.25, 0.3) is 0 Å². The van der Waals surface area contributed by atoms with Crippen molar-refractivity contribution in [2.45, 2.75) is 19.1 Å². The lowest BCUT2D eigenvalue weighted by Gasteiger charge is -2.06. The lowest BCUT2D eigenvalue weighted by atomic mass is 10.2. The van der Waals surface area contributed by atoms with Crippen LogP contribution in [0, 0.1) is 0 Å². The zero-order valence-corrected chi connectivity index (χ0v) is 8.53. The van der Waals surface area contributed by atoms with E-state index in [1.54, 1.807) is 6.92 Å².